The molecule has 15 heavy (non-hydrogen) atoms. The molecular formula is C10H9NO4. The monoisotopic (exact) mass is 207 g/mol. The van der Waals surface area contributed by atoms with Crippen LogP contribution in [0, 0.1) is 0 Å². The second-order valence-electron chi connectivity index (χ2n) is 3.38. The number of amides is 1. The first-order chi connectivity index (χ1) is 7.09. The molecule has 0 fully saturated rings. The van der Waals surface area contributed by atoms with Crippen LogP contribution in [0.2, 0.25) is 0 Å². The van der Waals surface area contributed by atoms with Crippen molar-refractivity contribution in [3.8, 4) is 0 Å². The Labute approximate surface area is 85.5 Å². The van der Waals surface area contributed by atoms with Gasteiger partial charge in [0.2, 0.25) is 0 Å². The summed E-state index contributed by atoms with van der Waals surface area (Å²) in [6.45, 7) is 0. The number of hydrogen-bond donors (Lipinski definition) is 2. The number of anilines is 1. The average Bonchev–Trinajstić information content (AvgIpc) is 2.43. The zero-order valence-corrected chi connectivity index (χ0v) is 7.80. The summed E-state index contributed by atoms with van der Waals surface area (Å²) in [7, 11) is 0. The van der Waals surface area contributed by atoms with Gasteiger partial charge in [0.15, 0.2) is 0 Å². The zero-order chi connectivity index (χ0) is 11.0. The lowest BCUT2D eigenvalue weighted by atomic mass is 10.1. The minimum Gasteiger partial charge on any atom is -0.481 e. The molecule has 1 amide bonds. The van der Waals surface area contributed by atoms with E-state index in [-0.39, 0.29) is 12.8 Å². The Bertz CT molecular complexity index is 441. The highest BCUT2D eigenvalue weighted by Crippen LogP contribution is 2.31. The predicted molar refractivity (Wildman–Crippen MR) is 50.8 cm³/mol. The molecule has 2 rings (SSSR count). The number of benzene rings is 1. The normalized spacial score (nSPS) is 14.2. The first kappa shape index (κ1) is 9.67. The molecule has 0 aromatic heterocycles. The number of carboxylic acids is 1. The fraction of sp³-hybridized carbons (Fsp3) is 0.200. The highest BCUT2D eigenvalue weighted by atomic mass is 16.5. The summed E-state index contributed by atoms with van der Waals surface area (Å²) in [5.41, 5.74) is 1.44. The van der Waals surface area contributed by atoms with Gasteiger partial charge in [0.25, 0.3) is 5.91 Å². The van der Waals surface area contributed by atoms with Gasteiger partial charge in [0.05, 0.1) is 18.5 Å². The van der Waals surface area contributed by atoms with Gasteiger partial charge >= 0.3 is 5.97 Å². The highest BCUT2D eigenvalue weighted by molar-refractivity contribution is 6.00. The predicted octanol–water partition coefficient (Wildman–Crippen LogP) is 0.592. The largest absolute Gasteiger partial charge is 0.481 e. The summed E-state index contributed by atoms with van der Waals surface area (Å²) in [6.07, 6.45) is -0.0766. The molecule has 0 unspecified atom stereocenters. The lowest BCUT2D eigenvalue weighted by Crippen LogP contribution is -2.22. The van der Waals surface area contributed by atoms with E-state index in [9.17, 15) is 14.8 Å². The van der Waals surface area contributed by atoms with E-state index in [0.717, 1.165) is 0 Å². The van der Waals surface area contributed by atoms with E-state index in [1.807, 2.05) is 0 Å². The number of fused-ring (bicyclic) bond motifs is 1. The molecule has 1 aliphatic heterocycles. The molecule has 0 aliphatic carbocycles. The van der Waals surface area contributed by atoms with Crippen LogP contribution in [0.1, 0.15) is 11.1 Å². The van der Waals surface area contributed by atoms with Crippen LogP contribution in [0.4, 0.5) is 5.69 Å². The molecule has 5 nitrogen and oxygen atoms in total. The van der Waals surface area contributed by atoms with Gasteiger partial charge in [-0.15, -0.1) is 0 Å². The number of hydrogen-bond acceptors (Lipinski definition) is 3. The van der Waals surface area contributed by atoms with Gasteiger partial charge in [-0.1, -0.05) is 18.2 Å². The van der Waals surface area contributed by atoms with Crippen LogP contribution in [0.25, 0.3) is 0 Å². The van der Waals surface area contributed by atoms with E-state index < -0.39 is 11.9 Å². The van der Waals surface area contributed by atoms with E-state index in [1.54, 1.807) is 18.2 Å². The van der Waals surface area contributed by atoms with Crippen LogP contribution in [-0.4, -0.2) is 22.2 Å². The van der Waals surface area contributed by atoms with Crippen molar-refractivity contribution in [2.24, 2.45) is 0 Å². The Morgan fingerprint density at radius 3 is 2.87 bits per heavy atom. The number of nitrogens with zero attached hydrogens (tertiary/aromatic N) is 1. The maximum atomic E-state index is 11.2. The number of carbonyl (C=O) groups is 2. The zero-order valence-electron chi connectivity index (χ0n) is 7.80. The molecule has 1 aromatic rings. The van der Waals surface area contributed by atoms with Gasteiger partial charge in [-0.05, 0) is 11.1 Å². The van der Waals surface area contributed by atoms with Crippen LogP contribution >= 0.6 is 0 Å². The first-order valence-corrected chi connectivity index (χ1v) is 4.44. The summed E-state index contributed by atoms with van der Waals surface area (Å²) in [5, 5.41) is 18.6. The average molecular weight is 207 g/mol. The number of carboxylic acid groups (broad SMARTS) is 1. The van der Waals surface area contributed by atoms with Crippen molar-refractivity contribution in [2.45, 2.75) is 12.8 Å². The van der Waals surface area contributed by atoms with Crippen molar-refractivity contribution in [1.82, 2.24) is 0 Å². The van der Waals surface area contributed by atoms with E-state index in [0.29, 0.717) is 21.9 Å². The molecular weight excluding hydrogens is 198 g/mol. The van der Waals surface area contributed by atoms with E-state index in [4.69, 9.17) is 5.11 Å². The fourth-order valence-corrected chi connectivity index (χ4v) is 1.73. The molecule has 0 atom stereocenters. The van der Waals surface area contributed by atoms with Crippen molar-refractivity contribution >= 4 is 17.6 Å². The number of rotatable bonds is 2. The molecule has 0 spiro atoms. The standard InChI is InChI=1S/C10H9NO4/c12-8-4-6-2-1-3-7(5-9(13)14)10(6)11(8)15/h1-3,15H,4-5H2,(H,13,14). The van der Waals surface area contributed by atoms with E-state index in [1.165, 1.54) is 0 Å². The molecule has 0 saturated carbocycles. The van der Waals surface area contributed by atoms with Gasteiger partial charge in [0, 0.05) is 0 Å². The van der Waals surface area contributed by atoms with Gasteiger partial charge in [0.1, 0.15) is 0 Å². The van der Waals surface area contributed by atoms with Crippen LogP contribution in [0.15, 0.2) is 18.2 Å². The number of carbonyl (C=O) groups excluding carboxylic acids is 1. The van der Waals surface area contributed by atoms with Gasteiger partial charge in [-0.2, -0.15) is 5.06 Å². The van der Waals surface area contributed by atoms with Crippen LogP contribution < -0.4 is 5.06 Å². The second kappa shape index (κ2) is 3.36. The van der Waals surface area contributed by atoms with Crippen molar-refractivity contribution in [3.05, 3.63) is 29.3 Å². The summed E-state index contributed by atoms with van der Waals surface area (Å²) in [6, 6.07) is 4.98. The van der Waals surface area contributed by atoms with Crippen molar-refractivity contribution in [1.29, 1.82) is 0 Å². The minimum absolute atomic E-state index is 0.124. The summed E-state index contributed by atoms with van der Waals surface area (Å²) < 4.78 is 0. The lowest BCUT2D eigenvalue weighted by molar-refractivity contribution is -0.136. The summed E-state index contributed by atoms with van der Waals surface area (Å²) in [5.74, 6) is -1.42. The molecule has 78 valence electrons. The third-order valence-corrected chi connectivity index (χ3v) is 2.33. The lowest BCUT2D eigenvalue weighted by Gasteiger charge is -2.11. The Morgan fingerprint density at radius 2 is 2.20 bits per heavy atom. The van der Waals surface area contributed by atoms with Crippen LogP contribution in [0.3, 0.4) is 0 Å². The molecule has 5 heteroatoms. The summed E-state index contributed by atoms with van der Waals surface area (Å²) >= 11 is 0. The SMILES string of the molecule is O=C(O)Cc1cccc2c1N(O)C(=O)C2. The Hall–Kier alpha value is -1.88. The topological polar surface area (TPSA) is 77.8 Å². The minimum atomic E-state index is -0.990. The van der Waals surface area contributed by atoms with Crippen LogP contribution in [0.5, 0.6) is 0 Å². The molecule has 0 saturated heterocycles. The smallest absolute Gasteiger partial charge is 0.307 e. The fourth-order valence-electron chi connectivity index (χ4n) is 1.73. The van der Waals surface area contributed by atoms with Gasteiger partial charge in [-0.25, -0.2) is 0 Å². The van der Waals surface area contributed by atoms with Gasteiger partial charge < -0.3 is 5.11 Å². The highest BCUT2D eigenvalue weighted by Gasteiger charge is 2.28. The van der Waals surface area contributed by atoms with E-state index in [2.05, 4.69) is 0 Å². The van der Waals surface area contributed by atoms with Gasteiger partial charge in [-0.3, -0.25) is 14.8 Å². The Kier molecular flexibility index (Phi) is 2.17. The Balaban J connectivity index is 2.47. The van der Waals surface area contributed by atoms with E-state index >= 15 is 0 Å². The molecule has 1 aromatic carbocycles. The summed E-state index contributed by atoms with van der Waals surface area (Å²) in [4.78, 5) is 21.8. The number of aliphatic carboxylic acids is 1. The maximum absolute atomic E-state index is 11.2. The molecule has 0 radical (unpaired) electrons. The second-order valence-corrected chi connectivity index (χ2v) is 3.38. The Morgan fingerprint density at radius 1 is 1.47 bits per heavy atom. The van der Waals surface area contributed by atoms with Crippen molar-refractivity contribution < 1.29 is 19.9 Å². The third kappa shape index (κ3) is 1.57. The molecule has 2 N–H and O–H groups in total. The van der Waals surface area contributed by atoms with Crippen molar-refractivity contribution in [2.75, 3.05) is 5.06 Å². The molecule has 0 bridgehead atoms. The molecule has 1 aliphatic rings. The van der Waals surface area contributed by atoms with Crippen molar-refractivity contribution in [3.63, 3.8) is 0 Å². The third-order valence-electron chi connectivity index (χ3n) is 2.33. The van der Waals surface area contributed by atoms with Crippen LogP contribution in [-0.2, 0) is 22.4 Å². The quantitative estimate of drug-likeness (QED) is 0.696. The number of para-hydroxylation sites is 1. The first-order valence-electron chi connectivity index (χ1n) is 4.44. The maximum Gasteiger partial charge on any atom is 0.307 e. The molecule has 1 heterocycles. The number of hydroxylamine groups is 1.